The molecule has 1 aliphatic heterocycles. The highest BCUT2D eigenvalue weighted by atomic mass is 32.1. The number of hydrogen-bond donors (Lipinski definition) is 1. The van der Waals surface area contributed by atoms with Crippen LogP contribution in [0.2, 0.25) is 0 Å². The number of rotatable bonds is 4. The van der Waals surface area contributed by atoms with E-state index in [-0.39, 0.29) is 11.8 Å². The van der Waals surface area contributed by atoms with E-state index in [9.17, 15) is 14.9 Å². The van der Waals surface area contributed by atoms with Crippen molar-refractivity contribution >= 4 is 39.1 Å². The molecule has 0 radical (unpaired) electrons. The Bertz CT molecular complexity index is 1020. The molecule has 1 saturated heterocycles. The molecule has 1 fully saturated rings. The molecule has 7 heteroatoms. The molecular weight excluding hydrogens is 348 g/mol. The Balaban J connectivity index is 1.67. The molecule has 0 aliphatic carbocycles. The van der Waals surface area contributed by atoms with E-state index in [0.717, 1.165) is 10.2 Å². The fourth-order valence-corrected chi connectivity index (χ4v) is 3.96. The lowest BCUT2D eigenvalue weighted by atomic mass is 9.99. The highest BCUT2D eigenvalue weighted by Crippen LogP contribution is 2.30. The first kappa shape index (κ1) is 16.2. The number of nitriles is 1. The van der Waals surface area contributed by atoms with Gasteiger partial charge >= 0.3 is 6.03 Å². The zero-order valence-corrected chi connectivity index (χ0v) is 14.5. The number of aromatic nitrogens is 1. The number of ketones is 1. The van der Waals surface area contributed by atoms with Crippen molar-refractivity contribution in [2.24, 2.45) is 0 Å². The highest BCUT2D eigenvalue weighted by molar-refractivity contribution is 7.18. The van der Waals surface area contributed by atoms with Gasteiger partial charge in [0.1, 0.15) is 5.01 Å². The summed E-state index contributed by atoms with van der Waals surface area (Å²) >= 11 is 1.35. The molecule has 0 bridgehead atoms. The Morgan fingerprint density at radius 3 is 2.85 bits per heavy atom. The first-order valence-corrected chi connectivity index (χ1v) is 8.94. The van der Waals surface area contributed by atoms with Crippen LogP contribution in [0.5, 0.6) is 0 Å². The van der Waals surface area contributed by atoms with Crippen LogP contribution in [0.4, 0.5) is 10.5 Å². The number of thiazole rings is 1. The predicted molar refractivity (Wildman–Crippen MR) is 99.5 cm³/mol. The number of carbonyl (C=O) groups is 2. The topological polar surface area (TPSA) is 86.1 Å². The van der Waals surface area contributed by atoms with Crippen LogP contribution in [0.25, 0.3) is 10.2 Å². The number of amides is 2. The van der Waals surface area contributed by atoms with Crippen LogP contribution in [0.3, 0.4) is 0 Å². The molecule has 2 aromatic carbocycles. The van der Waals surface area contributed by atoms with Gasteiger partial charge in [-0.2, -0.15) is 5.26 Å². The Labute approximate surface area is 153 Å². The third kappa shape index (κ3) is 2.80. The molecule has 0 unspecified atom stereocenters. The molecule has 0 spiro atoms. The third-order valence-corrected chi connectivity index (χ3v) is 5.35. The van der Waals surface area contributed by atoms with Crippen molar-refractivity contribution in [1.82, 2.24) is 10.3 Å². The lowest BCUT2D eigenvalue weighted by molar-refractivity contribution is 0.0979. The monoisotopic (exact) mass is 362 g/mol. The lowest BCUT2D eigenvalue weighted by Gasteiger charge is -2.15. The second kappa shape index (κ2) is 6.58. The molecule has 128 valence electrons. The minimum atomic E-state index is -0.963. The average Bonchev–Trinajstić information content (AvgIpc) is 3.28. The number of Topliss-reactive ketones (excluding diaryl/α,β-unsaturated/α-hetero) is 1. The Morgan fingerprint density at radius 2 is 2.12 bits per heavy atom. The number of nitrogens with one attached hydrogen (secondary N) is 1. The molecule has 4 rings (SSSR count). The van der Waals surface area contributed by atoms with Crippen molar-refractivity contribution in [3.8, 4) is 6.07 Å². The minimum Gasteiger partial charge on any atom is -0.336 e. The Kier molecular flexibility index (Phi) is 4.11. The summed E-state index contributed by atoms with van der Waals surface area (Å²) < 4.78 is 0.943. The highest BCUT2D eigenvalue weighted by Gasteiger charge is 2.27. The van der Waals surface area contributed by atoms with Gasteiger partial charge in [-0.15, -0.1) is 11.3 Å². The van der Waals surface area contributed by atoms with Gasteiger partial charge in [0.2, 0.25) is 0 Å². The van der Waals surface area contributed by atoms with Gasteiger partial charge in [0.05, 0.1) is 16.3 Å². The van der Waals surface area contributed by atoms with Crippen LogP contribution >= 0.6 is 11.3 Å². The number of urea groups is 1. The minimum absolute atomic E-state index is 0.183. The molecule has 1 N–H and O–H groups in total. The summed E-state index contributed by atoms with van der Waals surface area (Å²) in [5.74, 6) is -1.27. The first-order valence-electron chi connectivity index (χ1n) is 8.12. The summed E-state index contributed by atoms with van der Waals surface area (Å²) in [7, 11) is 0. The quantitative estimate of drug-likeness (QED) is 0.722. The van der Waals surface area contributed by atoms with Gasteiger partial charge in [0, 0.05) is 24.3 Å². The summed E-state index contributed by atoms with van der Waals surface area (Å²) in [5, 5.41) is 12.8. The SMILES string of the molecule is N#C[C@@H](C(=O)c1cccc(N2CCNC2=O)c1)c1nc2ccccc2s1. The molecule has 2 heterocycles. The van der Waals surface area contributed by atoms with E-state index in [4.69, 9.17) is 0 Å². The Hall–Kier alpha value is -3.24. The van der Waals surface area contributed by atoms with Crippen molar-refractivity contribution in [3.05, 3.63) is 59.1 Å². The standard InChI is InChI=1S/C19H14N4O2S/c20-11-14(18-22-15-6-1-2-7-16(15)26-18)17(24)12-4-3-5-13(10-12)23-9-8-21-19(23)25/h1-7,10,14H,8-9H2,(H,21,25)/t14-/m0/s1. The number of fused-ring (bicyclic) bond motifs is 1. The van der Waals surface area contributed by atoms with Crippen molar-refractivity contribution in [2.75, 3.05) is 18.0 Å². The van der Waals surface area contributed by atoms with Gasteiger partial charge in [-0.25, -0.2) is 9.78 Å². The number of nitrogens with zero attached hydrogens (tertiary/aromatic N) is 3. The molecule has 0 saturated carbocycles. The number of anilines is 1. The van der Waals surface area contributed by atoms with Gasteiger partial charge in [-0.3, -0.25) is 9.69 Å². The number of benzene rings is 2. The second-order valence-corrected chi connectivity index (χ2v) is 6.94. The van der Waals surface area contributed by atoms with Crippen LogP contribution in [0.1, 0.15) is 21.3 Å². The van der Waals surface area contributed by atoms with Crippen molar-refractivity contribution in [3.63, 3.8) is 0 Å². The zero-order valence-electron chi connectivity index (χ0n) is 13.7. The van der Waals surface area contributed by atoms with Crippen LogP contribution < -0.4 is 10.2 Å². The number of hydrogen-bond acceptors (Lipinski definition) is 5. The molecule has 1 atom stereocenters. The van der Waals surface area contributed by atoms with Gasteiger partial charge in [-0.1, -0.05) is 24.3 Å². The van der Waals surface area contributed by atoms with Crippen LogP contribution in [0, 0.1) is 11.3 Å². The van der Waals surface area contributed by atoms with Gasteiger partial charge in [0.25, 0.3) is 0 Å². The van der Waals surface area contributed by atoms with E-state index in [0.29, 0.717) is 29.3 Å². The van der Waals surface area contributed by atoms with Gasteiger partial charge in [-0.05, 0) is 24.3 Å². The van der Waals surface area contributed by atoms with E-state index in [1.165, 1.54) is 11.3 Å². The summed E-state index contributed by atoms with van der Waals surface area (Å²) in [6.07, 6.45) is 0. The normalized spacial score (nSPS) is 14.9. The van der Waals surface area contributed by atoms with Crippen molar-refractivity contribution < 1.29 is 9.59 Å². The molecule has 26 heavy (non-hydrogen) atoms. The number of para-hydroxylation sites is 1. The molecule has 2 amide bonds. The van der Waals surface area contributed by atoms with Crippen molar-refractivity contribution in [2.45, 2.75) is 5.92 Å². The maximum atomic E-state index is 12.9. The van der Waals surface area contributed by atoms with E-state index < -0.39 is 5.92 Å². The maximum absolute atomic E-state index is 12.9. The molecule has 3 aromatic rings. The molecule has 1 aromatic heterocycles. The maximum Gasteiger partial charge on any atom is 0.321 e. The third-order valence-electron chi connectivity index (χ3n) is 4.25. The van der Waals surface area contributed by atoms with E-state index in [1.807, 2.05) is 24.3 Å². The van der Waals surface area contributed by atoms with Crippen LogP contribution in [-0.4, -0.2) is 29.9 Å². The van der Waals surface area contributed by atoms with Crippen LogP contribution in [-0.2, 0) is 0 Å². The first-order chi connectivity index (χ1) is 12.7. The zero-order chi connectivity index (χ0) is 18.1. The lowest BCUT2D eigenvalue weighted by Crippen LogP contribution is -2.27. The van der Waals surface area contributed by atoms with E-state index in [1.54, 1.807) is 29.2 Å². The van der Waals surface area contributed by atoms with Gasteiger partial charge < -0.3 is 5.32 Å². The predicted octanol–water partition coefficient (Wildman–Crippen LogP) is 3.32. The van der Waals surface area contributed by atoms with E-state index in [2.05, 4.69) is 16.4 Å². The average molecular weight is 362 g/mol. The largest absolute Gasteiger partial charge is 0.336 e. The summed E-state index contributed by atoms with van der Waals surface area (Å²) in [6.45, 7) is 1.12. The fraction of sp³-hybridized carbons (Fsp3) is 0.158. The van der Waals surface area contributed by atoms with Gasteiger partial charge in [0.15, 0.2) is 11.7 Å². The smallest absolute Gasteiger partial charge is 0.321 e. The number of carbonyl (C=O) groups excluding carboxylic acids is 2. The van der Waals surface area contributed by atoms with E-state index >= 15 is 0 Å². The molecular formula is C19H14N4O2S. The summed E-state index contributed by atoms with van der Waals surface area (Å²) in [5.41, 5.74) is 1.82. The van der Waals surface area contributed by atoms with Crippen LogP contribution in [0.15, 0.2) is 48.5 Å². The summed E-state index contributed by atoms with van der Waals surface area (Å²) in [6, 6.07) is 16.3. The second-order valence-electron chi connectivity index (χ2n) is 5.88. The summed E-state index contributed by atoms with van der Waals surface area (Å²) in [4.78, 5) is 30.8. The fourth-order valence-electron chi connectivity index (χ4n) is 2.95. The molecule has 6 nitrogen and oxygen atoms in total. The molecule has 1 aliphatic rings. The van der Waals surface area contributed by atoms with Crippen molar-refractivity contribution in [1.29, 1.82) is 5.26 Å². The Morgan fingerprint density at radius 1 is 1.27 bits per heavy atom.